The van der Waals surface area contributed by atoms with Gasteiger partial charge in [0.25, 0.3) is 0 Å². The molecule has 2 aromatic rings. The standard InChI is InChI=1S/C7H3BrClN3/c8-6-5-1-4(9)2-10-7(5)12-3-11-6/h1-3H. The summed E-state index contributed by atoms with van der Waals surface area (Å²) in [4.78, 5) is 12.0. The minimum Gasteiger partial charge on any atom is -0.235 e. The van der Waals surface area contributed by atoms with E-state index in [1.165, 1.54) is 6.33 Å². The van der Waals surface area contributed by atoms with E-state index >= 15 is 0 Å². The van der Waals surface area contributed by atoms with Gasteiger partial charge in [-0.2, -0.15) is 0 Å². The van der Waals surface area contributed by atoms with Crippen molar-refractivity contribution in [3.63, 3.8) is 0 Å². The van der Waals surface area contributed by atoms with E-state index < -0.39 is 0 Å². The van der Waals surface area contributed by atoms with Crippen LogP contribution in [0.1, 0.15) is 0 Å². The minimum atomic E-state index is 0.581. The van der Waals surface area contributed by atoms with Gasteiger partial charge in [0, 0.05) is 6.20 Å². The summed E-state index contributed by atoms with van der Waals surface area (Å²) in [6, 6.07) is 1.77. The fraction of sp³-hybridized carbons (Fsp3) is 0. The molecule has 5 heteroatoms. The van der Waals surface area contributed by atoms with Crippen molar-refractivity contribution >= 4 is 38.6 Å². The lowest BCUT2D eigenvalue weighted by Crippen LogP contribution is -1.86. The van der Waals surface area contributed by atoms with Gasteiger partial charge in [-0.3, -0.25) is 0 Å². The van der Waals surface area contributed by atoms with E-state index in [9.17, 15) is 0 Å². The topological polar surface area (TPSA) is 38.7 Å². The maximum Gasteiger partial charge on any atom is 0.163 e. The molecule has 0 bridgehead atoms. The molecule has 0 saturated carbocycles. The van der Waals surface area contributed by atoms with Gasteiger partial charge in [0.15, 0.2) is 5.65 Å². The van der Waals surface area contributed by atoms with Gasteiger partial charge in [-0.05, 0) is 22.0 Å². The first-order valence-electron chi connectivity index (χ1n) is 3.19. The first kappa shape index (κ1) is 7.89. The largest absolute Gasteiger partial charge is 0.235 e. The number of aromatic nitrogens is 3. The molecule has 0 aliphatic carbocycles. The van der Waals surface area contributed by atoms with Crippen LogP contribution < -0.4 is 0 Å². The SMILES string of the molecule is Clc1cnc2ncnc(Br)c2c1. The van der Waals surface area contributed by atoms with Gasteiger partial charge in [-0.1, -0.05) is 11.6 Å². The molecule has 0 N–H and O–H groups in total. The molecule has 60 valence electrons. The lowest BCUT2D eigenvalue weighted by molar-refractivity contribution is 1.16. The smallest absolute Gasteiger partial charge is 0.163 e. The normalized spacial score (nSPS) is 10.5. The molecule has 2 rings (SSSR count). The number of hydrogen-bond donors (Lipinski definition) is 0. The van der Waals surface area contributed by atoms with E-state index in [0.717, 1.165) is 5.39 Å². The number of nitrogens with zero attached hydrogens (tertiary/aromatic N) is 3. The van der Waals surface area contributed by atoms with Crippen molar-refractivity contribution in [1.29, 1.82) is 0 Å². The number of pyridine rings is 1. The molecule has 0 fully saturated rings. The summed E-state index contributed by atoms with van der Waals surface area (Å²) in [5, 5.41) is 1.41. The molecule has 0 aliphatic rings. The van der Waals surface area contributed by atoms with Crippen molar-refractivity contribution in [3.05, 3.63) is 28.2 Å². The Labute approximate surface area is 81.9 Å². The molecule has 3 nitrogen and oxygen atoms in total. The third-order valence-corrected chi connectivity index (χ3v) is 2.25. The molecule has 0 spiro atoms. The molecule has 0 radical (unpaired) electrons. The van der Waals surface area contributed by atoms with Crippen LogP contribution in [0.25, 0.3) is 11.0 Å². The Morgan fingerprint density at radius 3 is 2.92 bits per heavy atom. The van der Waals surface area contributed by atoms with Crippen molar-refractivity contribution in [2.24, 2.45) is 0 Å². The van der Waals surface area contributed by atoms with E-state index in [4.69, 9.17) is 11.6 Å². The maximum absolute atomic E-state index is 5.75. The summed E-state index contributed by atoms with van der Waals surface area (Å²) >= 11 is 9.03. The van der Waals surface area contributed by atoms with E-state index in [0.29, 0.717) is 15.3 Å². The van der Waals surface area contributed by atoms with Crippen LogP contribution in [0.3, 0.4) is 0 Å². The van der Waals surface area contributed by atoms with Crippen molar-refractivity contribution in [2.45, 2.75) is 0 Å². The number of rotatable bonds is 0. The minimum absolute atomic E-state index is 0.581. The summed E-state index contributed by atoms with van der Waals surface area (Å²) < 4.78 is 0.711. The Bertz CT molecular complexity index is 432. The lowest BCUT2D eigenvalue weighted by Gasteiger charge is -1.96. The Kier molecular flexibility index (Phi) is 1.94. The van der Waals surface area contributed by atoms with E-state index in [-0.39, 0.29) is 0 Å². The van der Waals surface area contributed by atoms with Crippen LogP contribution in [0.2, 0.25) is 5.02 Å². The van der Waals surface area contributed by atoms with Gasteiger partial charge in [-0.25, -0.2) is 15.0 Å². The van der Waals surface area contributed by atoms with Gasteiger partial charge in [0.1, 0.15) is 10.9 Å². The Hall–Kier alpha value is -0.740. The van der Waals surface area contributed by atoms with Gasteiger partial charge >= 0.3 is 0 Å². The van der Waals surface area contributed by atoms with Crippen LogP contribution in [0, 0.1) is 0 Å². The van der Waals surface area contributed by atoms with E-state index in [1.54, 1.807) is 12.3 Å². The molecule has 12 heavy (non-hydrogen) atoms. The summed E-state index contributed by atoms with van der Waals surface area (Å²) in [5.74, 6) is 0. The van der Waals surface area contributed by atoms with Crippen molar-refractivity contribution < 1.29 is 0 Å². The second-order valence-electron chi connectivity index (χ2n) is 2.19. The van der Waals surface area contributed by atoms with Gasteiger partial charge in [-0.15, -0.1) is 0 Å². The van der Waals surface area contributed by atoms with E-state index in [1.807, 2.05) is 0 Å². The third kappa shape index (κ3) is 1.28. The number of fused-ring (bicyclic) bond motifs is 1. The first-order chi connectivity index (χ1) is 5.77. The van der Waals surface area contributed by atoms with Crippen molar-refractivity contribution in [2.75, 3.05) is 0 Å². The highest BCUT2D eigenvalue weighted by Crippen LogP contribution is 2.20. The Morgan fingerprint density at radius 1 is 1.25 bits per heavy atom. The average Bonchev–Trinajstić information content (AvgIpc) is 2.07. The second-order valence-corrected chi connectivity index (χ2v) is 3.38. The molecule has 0 aliphatic heterocycles. The molecular formula is C7H3BrClN3. The zero-order valence-electron chi connectivity index (χ0n) is 5.83. The number of hydrogen-bond acceptors (Lipinski definition) is 3. The molecule has 0 amide bonds. The molecule has 0 aromatic carbocycles. The third-order valence-electron chi connectivity index (χ3n) is 1.41. The molecule has 0 unspecified atom stereocenters. The molecular weight excluding hydrogens is 241 g/mol. The zero-order valence-corrected chi connectivity index (χ0v) is 8.17. The predicted octanol–water partition coefficient (Wildman–Crippen LogP) is 2.44. The van der Waals surface area contributed by atoms with E-state index in [2.05, 4.69) is 30.9 Å². The van der Waals surface area contributed by atoms with Crippen LogP contribution in [-0.4, -0.2) is 15.0 Å². The van der Waals surface area contributed by atoms with Crippen LogP contribution in [0.4, 0.5) is 0 Å². The Morgan fingerprint density at radius 2 is 2.08 bits per heavy atom. The molecule has 2 heterocycles. The van der Waals surface area contributed by atoms with Crippen LogP contribution in [-0.2, 0) is 0 Å². The molecule has 0 saturated heterocycles. The fourth-order valence-electron chi connectivity index (χ4n) is 0.891. The van der Waals surface area contributed by atoms with Gasteiger partial charge < -0.3 is 0 Å². The fourth-order valence-corrected chi connectivity index (χ4v) is 1.43. The quantitative estimate of drug-likeness (QED) is 0.668. The average molecular weight is 244 g/mol. The van der Waals surface area contributed by atoms with Gasteiger partial charge in [0.2, 0.25) is 0 Å². The van der Waals surface area contributed by atoms with Gasteiger partial charge in [0.05, 0.1) is 10.4 Å². The monoisotopic (exact) mass is 243 g/mol. The van der Waals surface area contributed by atoms with Crippen molar-refractivity contribution in [1.82, 2.24) is 15.0 Å². The first-order valence-corrected chi connectivity index (χ1v) is 4.36. The van der Waals surface area contributed by atoms with Crippen molar-refractivity contribution in [3.8, 4) is 0 Å². The Balaban J connectivity index is 2.88. The summed E-state index contributed by atoms with van der Waals surface area (Å²) in [7, 11) is 0. The molecule has 0 atom stereocenters. The molecule has 2 aromatic heterocycles. The summed E-state index contributed by atoms with van der Waals surface area (Å²) in [5.41, 5.74) is 0.640. The predicted molar refractivity (Wildman–Crippen MR) is 50.0 cm³/mol. The van der Waals surface area contributed by atoms with Crippen LogP contribution in [0.5, 0.6) is 0 Å². The highest BCUT2D eigenvalue weighted by molar-refractivity contribution is 9.10. The summed E-state index contributed by atoms with van der Waals surface area (Å²) in [6.45, 7) is 0. The lowest BCUT2D eigenvalue weighted by atomic mass is 10.3. The zero-order chi connectivity index (χ0) is 8.55. The van der Waals surface area contributed by atoms with Crippen LogP contribution in [0.15, 0.2) is 23.2 Å². The second kappa shape index (κ2) is 2.95. The maximum atomic E-state index is 5.75. The number of halogens is 2. The summed E-state index contributed by atoms with van der Waals surface area (Å²) in [6.07, 6.45) is 3.01. The highest BCUT2D eigenvalue weighted by Gasteiger charge is 2.01. The highest BCUT2D eigenvalue weighted by atomic mass is 79.9. The van der Waals surface area contributed by atoms with Crippen LogP contribution >= 0.6 is 27.5 Å².